The number of rotatable bonds is 1. The minimum absolute atomic E-state index is 0.0374. The summed E-state index contributed by atoms with van der Waals surface area (Å²) >= 11 is 0. The summed E-state index contributed by atoms with van der Waals surface area (Å²) in [6, 6.07) is 0. The van der Waals surface area contributed by atoms with Gasteiger partial charge >= 0.3 is 0 Å². The Balaban J connectivity index is 1.60. The van der Waals surface area contributed by atoms with E-state index in [0.29, 0.717) is 16.7 Å². The maximum absolute atomic E-state index is 10.3. The van der Waals surface area contributed by atoms with Gasteiger partial charge in [-0.05, 0) is 105 Å². The zero-order valence-electron chi connectivity index (χ0n) is 15.3. The first-order valence-electron chi connectivity index (χ1n) is 10.2. The lowest BCUT2D eigenvalue weighted by atomic mass is 9.44. The van der Waals surface area contributed by atoms with E-state index in [1.165, 1.54) is 44.9 Å². The Labute approximate surface area is 142 Å². The molecule has 0 heterocycles. The Morgan fingerprint density at radius 1 is 0.870 bits per heavy atom. The Hall–Kier alpha value is -0.0800. The van der Waals surface area contributed by atoms with Crippen molar-refractivity contribution in [1.29, 1.82) is 0 Å². The average Bonchev–Trinajstić information content (AvgIpc) is 2.85. The van der Waals surface area contributed by atoms with E-state index in [1.807, 2.05) is 6.92 Å². The Morgan fingerprint density at radius 2 is 1.57 bits per heavy atom. The highest BCUT2D eigenvalue weighted by Gasteiger charge is 2.60. The molecule has 9 atom stereocenters. The monoisotopic (exact) mass is 320 g/mol. The van der Waals surface area contributed by atoms with Crippen LogP contribution in [0.3, 0.4) is 0 Å². The van der Waals surface area contributed by atoms with Crippen LogP contribution in [0, 0.1) is 40.4 Å². The predicted molar refractivity (Wildman–Crippen MR) is 92.9 cm³/mol. The number of aliphatic hydroxyl groups excluding tert-OH is 2. The summed E-state index contributed by atoms with van der Waals surface area (Å²) in [6.45, 7) is 7.08. The van der Waals surface area contributed by atoms with Crippen LogP contribution in [0.25, 0.3) is 0 Å². The maximum Gasteiger partial charge on any atom is 0.0545 e. The molecule has 0 amide bonds. The van der Waals surface area contributed by atoms with Gasteiger partial charge in [0, 0.05) is 0 Å². The lowest BCUT2D eigenvalue weighted by Gasteiger charge is -2.61. The molecule has 0 bridgehead atoms. The third-order valence-corrected chi connectivity index (χ3v) is 9.29. The third kappa shape index (κ3) is 2.27. The molecule has 8 unspecified atom stereocenters. The van der Waals surface area contributed by atoms with Gasteiger partial charge in [0.05, 0.1) is 12.2 Å². The molecule has 0 radical (unpaired) electrons. The van der Waals surface area contributed by atoms with E-state index < -0.39 is 0 Å². The van der Waals surface area contributed by atoms with Crippen molar-refractivity contribution in [3.8, 4) is 0 Å². The summed E-state index contributed by atoms with van der Waals surface area (Å²) < 4.78 is 0. The fourth-order valence-corrected chi connectivity index (χ4v) is 8.07. The number of hydrogen-bond acceptors (Lipinski definition) is 2. The molecular formula is C21H36O2. The highest BCUT2D eigenvalue weighted by Crippen LogP contribution is 2.67. The number of hydrogen-bond donors (Lipinski definition) is 2. The molecule has 4 fully saturated rings. The van der Waals surface area contributed by atoms with Crippen molar-refractivity contribution in [3.63, 3.8) is 0 Å². The van der Waals surface area contributed by atoms with E-state index >= 15 is 0 Å². The van der Waals surface area contributed by atoms with Gasteiger partial charge in [-0.3, -0.25) is 0 Å². The topological polar surface area (TPSA) is 40.5 Å². The summed E-state index contributed by atoms with van der Waals surface area (Å²) in [5.41, 5.74) is 0.860. The molecule has 0 saturated heterocycles. The van der Waals surface area contributed by atoms with Crippen molar-refractivity contribution in [2.45, 2.75) is 90.8 Å². The molecule has 2 N–H and O–H groups in total. The molecule has 0 aliphatic heterocycles. The molecular weight excluding hydrogens is 284 g/mol. The van der Waals surface area contributed by atoms with Gasteiger partial charge in [-0.1, -0.05) is 13.8 Å². The minimum Gasteiger partial charge on any atom is -0.393 e. The largest absolute Gasteiger partial charge is 0.393 e. The molecule has 132 valence electrons. The van der Waals surface area contributed by atoms with Crippen LogP contribution in [0.15, 0.2) is 0 Å². The highest BCUT2D eigenvalue weighted by molar-refractivity contribution is 5.09. The summed E-state index contributed by atoms with van der Waals surface area (Å²) in [5, 5.41) is 20.4. The van der Waals surface area contributed by atoms with Gasteiger partial charge < -0.3 is 10.2 Å². The van der Waals surface area contributed by atoms with Crippen molar-refractivity contribution in [2.24, 2.45) is 40.4 Å². The second-order valence-electron chi connectivity index (χ2n) is 10.1. The fourth-order valence-electron chi connectivity index (χ4n) is 8.07. The van der Waals surface area contributed by atoms with Crippen molar-refractivity contribution >= 4 is 0 Å². The minimum atomic E-state index is -0.140. The van der Waals surface area contributed by atoms with Crippen LogP contribution in [0.5, 0.6) is 0 Å². The van der Waals surface area contributed by atoms with Gasteiger partial charge in [-0.2, -0.15) is 0 Å². The Morgan fingerprint density at radius 3 is 2.30 bits per heavy atom. The summed E-state index contributed by atoms with van der Waals surface area (Å²) in [4.78, 5) is 0. The molecule has 0 aromatic rings. The van der Waals surface area contributed by atoms with Gasteiger partial charge in [-0.25, -0.2) is 0 Å². The van der Waals surface area contributed by atoms with Crippen molar-refractivity contribution in [1.82, 2.24) is 0 Å². The van der Waals surface area contributed by atoms with E-state index in [1.54, 1.807) is 0 Å². The summed E-state index contributed by atoms with van der Waals surface area (Å²) in [6.07, 6.45) is 11.1. The molecule has 23 heavy (non-hydrogen) atoms. The molecule has 2 nitrogen and oxygen atoms in total. The predicted octanol–water partition coefficient (Wildman–Crippen LogP) is 4.39. The van der Waals surface area contributed by atoms with Gasteiger partial charge in [0.15, 0.2) is 0 Å². The normalized spacial score (nSPS) is 57.3. The second-order valence-corrected chi connectivity index (χ2v) is 10.1. The van der Waals surface area contributed by atoms with E-state index in [4.69, 9.17) is 0 Å². The smallest absolute Gasteiger partial charge is 0.0545 e. The first-order valence-corrected chi connectivity index (χ1v) is 10.2. The molecule has 2 heteroatoms. The van der Waals surface area contributed by atoms with Crippen molar-refractivity contribution in [3.05, 3.63) is 0 Å². The standard InChI is InChI=1S/C21H36O2/c1-13(22)17-6-7-18-16-5-4-14-12-15(23)8-10-20(14,2)19(16)9-11-21(17,18)3/h13-19,22-23H,4-12H2,1-3H3/t13?,14?,15-,16?,17?,18?,19?,20?,21?/m0/s1. The van der Waals surface area contributed by atoms with Crippen molar-refractivity contribution < 1.29 is 10.2 Å². The van der Waals surface area contributed by atoms with E-state index in [2.05, 4.69) is 13.8 Å². The fraction of sp³-hybridized carbons (Fsp3) is 1.00. The van der Waals surface area contributed by atoms with E-state index in [-0.39, 0.29) is 12.2 Å². The summed E-state index contributed by atoms with van der Waals surface area (Å²) in [7, 11) is 0. The van der Waals surface area contributed by atoms with Gasteiger partial charge in [0.1, 0.15) is 0 Å². The molecule has 4 aliphatic carbocycles. The van der Waals surface area contributed by atoms with Gasteiger partial charge in [0.2, 0.25) is 0 Å². The van der Waals surface area contributed by atoms with Gasteiger partial charge in [-0.15, -0.1) is 0 Å². The second kappa shape index (κ2) is 5.46. The first-order chi connectivity index (χ1) is 10.9. The van der Waals surface area contributed by atoms with Crippen LogP contribution in [0.4, 0.5) is 0 Å². The van der Waals surface area contributed by atoms with Crippen LogP contribution in [-0.2, 0) is 0 Å². The zero-order chi connectivity index (χ0) is 16.4. The Kier molecular flexibility index (Phi) is 3.89. The lowest BCUT2D eigenvalue weighted by Crippen LogP contribution is -2.54. The molecule has 4 saturated carbocycles. The quantitative estimate of drug-likeness (QED) is 0.752. The van der Waals surface area contributed by atoms with Crippen LogP contribution in [0.1, 0.15) is 78.6 Å². The van der Waals surface area contributed by atoms with E-state index in [9.17, 15) is 10.2 Å². The summed E-state index contributed by atoms with van der Waals surface area (Å²) in [5.74, 6) is 3.87. The molecule has 0 spiro atoms. The molecule has 4 aliphatic rings. The lowest BCUT2D eigenvalue weighted by molar-refractivity contribution is -0.132. The SMILES string of the molecule is CC(O)C1CCC2C3CCC4C[C@@H](O)CCC4(C)C3CCC12C. The van der Waals surface area contributed by atoms with Crippen molar-refractivity contribution in [2.75, 3.05) is 0 Å². The number of fused-ring (bicyclic) bond motifs is 5. The van der Waals surface area contributed by atoms with Gasteiger partial charge in [0.25, 0.3) is 0 Å². The van der Waals surface area contributed by atoms with Crippen LogP contribution in [0.2, 0.25) is 0 Å². The first kappa shape index (κ1) is 16.4. The maximum atomic E-state index is 10.3. The Bertz CT molecular complexity index is 461. The molecule has 4 rings (SSSR count). The molecule has 0 aromatic carbocycles. The third-order valence-electron chi connectivity index (χ3n) is 9.29. The molecule has 0 aromatic heterocycles. The van der Waals surface area contributed by atoms with Crippen LogP contribution in [-0.4, -0.2) is 22.4 Å². The average molecular weight is 321 g/mol. The number of aliphatic hydroxyl groups is 2. The van der Waals surface area contributed by atoms with Crippen LogP contribution >= 0.6 is 0 Å². The highest BCUT2D eigenvalue weighted by atomic mass is 16.3. The van der Waals surface area contributed by atoms with Crippen LogP contribution < -0.4 is 0 Å². The van der Waals surface area contributed by atoms with E-state index in [0.717, 1.165) is 36.5 Å². The zero-order valence-corrected chi connectivity index (χ0v) is 15.3.